The molecular formula is C19H12Cl2O2. The highest BCUT2D eigenvalue weighted by molar-refractivity contribution is 6.35. The Kier molecular flexibility index (Phi) is 3.51. The van der Waals surface area contributed by atoms with Crippen LogP contribution in [0.3, 0.4) is 0 Å². The Morgan fingerprint density at radius 3 is 2.61 bits per heavy atom. The van der Waals surface area contributed by atoms with E-state index in [-0.39, 0.29) is 5.43 Å². The number of hydrogen-bond donors (Lipinski definition) is 0. The summed E-state index contributed by atoms with van der Waals surface area (Å²) in [5.74, 6) is 1.09. The van der Waals surface area contributed by atoms with Crippen LogP contribution < -0.4 is 5.43 Å². The van der Waals surface area contributed by atoms with Gasteiger partial charge in [0.25, 0.3) is 0 Å². The second kappa shape index (κ2) is 5.55. The summed E-state index contributed by atoms with van der Waals surface area (Å²) in [7, 11) is 0. The molecule has 0 amide bonds. The van der Waals surface area contributed by atoms with Crippen LogP contribution in [-0.2, 0) is 12.8 Å². The van der Waals surface area contributed by atoms with Gasteiger partial charge in [0.05, 0.1) is 5.02 Å². The zero-order valence-corrected chi connectivity index (χ0v) is 13.6. The first-order chi connectivity index (χ1) is 11.1. The van der Waals surface area contributed by atoms with Crippen LogP contribution in [0.1, 0.15) is 11.1 Å². The Morgan fingerprint density at radius 2 is 1.74 bits per heavy atom. The maximum atomic E-state index is 12.5. The lowest BCUT2D eigenvalue weighted by Crippen LogP contribution is -2.15. The lowest BCUT2D eigenvalue weighted by molar-refractivity contribution is 0.566. The van der Waals surface area contributed by atoms with Crippen LogP contribution in [0.2, 0.25) is 10.0 Å². The third kappa shape index (κ3) is 2.48. The van der Waals surface area contributed by atoms with E-state index in [1.165, 1.54) is 11.6 Å². The summed E-state index contributed by atoms with van der Waals surface area (Å²) in [6.45, 7) is 0. The average Bonchev–Trinajstić information content (AvgIpc) is 2.56. The number of aryl methyl sites for hydroxylation is 1. The summed E-state index contributed by atoms with van der Waals surface area (Å²) in [5.41, 5.74) is 3.50. The standard InChI is InChI=1S/C19H12Cl2O2/c20-12-6-8-16(21)15(9-12)18-10-17(22)14-7-5-11-3-1-2-4-13(11)19(14)23-18/h1-4,6,8-10H,5,7H2. The number of benzene rings is 2. The lowest BCUT2D eigenvalue weighted by atomic mass is 9.89. The lowest BCUT2D eigenvalue weighted by Gasteiger charge is -2.18. The molecule has 2 aromatic carbocycles. The van der Waals surface area contributed by atoms with Gasteiger partial charge in [-0.3, -0.25) is 4.79 Å². The normalized spacial score (nSPS) is 12.6. The molecule has 1 heterocycles. The molecule has 0 spiro atoms. The monoisotopic (exact) mass is 342 g/mol. The summed E-state index contributed by atoms with van der Waals surface area (Å²) in [5, 5.41) is 1.05. The van der Waals surface area contributed by atoms with Crippen molar-refractivity contribution in [3.8, 4) is 22.6 Å². The van der Waals surface area contributed by atoms with Gasteiger partial charge in [-0.15, -0.1) is 0 Å². The molecule has 1 aliphatic rings. The fourth-order valence-corrected chi connectivity index (χ4v) is 3.39. The topological polar surface area (TPSA) is 30.2 Å². The largest absolute Gasteiger partial charge is 0.455 e. The Morgan fingerprint density at radius 1 is 0.913 bits per heavy atom. The minimum absolute atomic E-state index is 0.0215. The van der Waals surface area contributed by atoms with Gasteiger partial charge in [0.2, 0.25) is 0 Å². The SMILES string of the molecule is O=c1cc(-c2cc(Cl)ccc2Cl)oc2c1CCc1ccccc1-2. The van der Waals surface area contributed by atoms with Crippen LogP contribution in [0.25, 0.3) is 22.6 Å². The average molecular weight is 343 g/mol. The number of rotatable bonds is 1. The van der Waals surface area contributed by atoms with Gasteiger partial charge < -0.3 is 4.42 Å². The highest BCUT2D eigenvalue weighted by atomic mass is 35.5. The highest BCUT2D eigenvalue weighted by Crippen LogP contribution is 2.36. The third-order valence-corrected chi connectivity index (χ3v) is 4.71. The Balaban J connectivity index is 1.98. The minimum Gasteiger partial charge on any atom is -0.455 e. The number of fused-ring (bicyclic) bond motifs is 3. The quantitative estimate of drug-likeness (QED) is 0.594. The van der Waals surface area contributed by atoms with Crippen molar-refractivity contribution in [3.05, 3.63) is 79.9 Å². The molecule has 4 heteroatoms. The van der Waals surface area contributed by atoms with E-state index in [0.717, 1.165) is 17.5 Å². The van der Waals surface area contributed by atoms with E-state index >= 15 is 0 Å². The van der Waals surface area contributed by atoms with Crippen molar-refractivity contribution in [1.82, 2.24) is 0 Å². The molecule has 1 aromatic heterocycles. The molecule has 1 aliphatic carbocycles. The van der Waals surface area contributed by atoms with Gasteiger partial charge >= 0.3 is 0 Å². The zero-order valence-electron chi connectivity index (χ0n) is 12.1. The molecule has 0 fully saturated rings. The van der Waals surface area contributed by atoms with Crippen LogP contribution in [0.5, 0.6) is 0 Å². The highest BCUT2D eigenvalue weighted by Gasteiger charge is 2.22. The van der Waals surface area contributed by atoms with Gasteiger partial charge in [0, 0.05) is 27.8 Å². The van der Waals surface area contributed by atoms with E-state index in [4.69, 9.17) is 27.6 Å². The molecule has 0 saturated heterocycles. The number of halogens is 2. The molecular weight excluding hydrogens is 331 g/mol. The zero-order chi connectivity index (χ0) is 16.0. The first kappa shape index (κ1) is 14.6. The van der Waals surface area contributed by atoms with E-state index in [9.17, 15) is 4.79 Å². The van der Waals surface area contributed by atoms with Crippen molar-refractivity contribution in [2.24, 2.45) is 0 Å². The van der Waals surface area contributed by atoms with Crippen molar-refractivity contribution in [2.45, 2.75) is 12.8 Å². The maximum absolute atomic E-state index is 12.5. The molecule has 0 unspecified atom stereocenters. The predicted octanol–water partition coefficient (Wildman–Crippen LogP) is 5.38. The Hall–Kier alpha value is -2.03. The molecule has 3 aromatic rings. The van der Waals surface area contributed by atoms with Gasteiger partial charge in [-0.1, -0.05) is 47.5 Å². The second-order valence-electron chi connectivity index (χ2n) is 5.56. The van der Waals surface area contributed by atoms with Crippen LogP contribution >= 0.6 is 23.2 Å². The molecule has 0 aliphatic heterocycles. The van der Waals surface area contributed by atoms with E-state index in [0.29, 0.717) is 33.6 Å². The molecule has 0 bridgehead atoms. The van der Waals surface area contributed by atoms with Gasteiger partial charge in [-0.05, 0) is 36.6 Å². The Labute approximate surface area is 143 Å². The van der Waals surface area contributed by atoms with Crippen molar-refractivity contribution >= 4 is 23.2 Å². The minimum atomic E-state index is -0.0215. The van der Waals surface area contributed by atoms with E-state index < -0.39 is 0 Å². The fourth-order valence-electron chi connectivity index (χ4n) is 3.01. The van der Waals surface area contributed by atoms with E-state index in [1.807, 2.05) is 18.2 Å². The van der Waals surface area contributed by atoms with Gasteiger partial charge in [-0.25, -0.2) is 0 Å². The van der Waals surface area contributed by atoms with Crippen LogP contribution in [0, 0.1) is 0 Å². The third-order valence-electron chi connectivity index (χ3n) is 4.15. The van der Waals surface area contributed by atoms with E-state index in [2.05, 4.69) is 6.07 Å². The first-order valence-electron chi connectivity index (χ1n) is 7.34. The van der Waals surface area contributed by atoms with Crippen molar-refractivity contribution in [1.29, 1.82) is 0 Å². The molecule has 4 rings (SSSR count). The summed E-state index contributed by atoms with van der Waals surface area (Å²) < 4.78 is 6.09. The molecule has 0 saturated carbocycles. The second-order valence-corrected chi connectivity index (χ2v) is 6.41. The predicted molar refractivity (Wildman–Crippen MR) is 93.3 cm³/mol. The summed E-state index contributed by atoms with van der Waals surface area (Å²) in [6.07, 6.45) is 1.55. The van der Waals surface area contributed by atoms with Crippen molar-refractivity contribution < 1.29 is 4.42 Å². The van der Waals surface area contributed by atoms with Crippen LogP contribution in [-0.4, -0.2) is 0 Å². The molecule has 114 valence electrons. The Bertz CT molecular complexity index is 973. The smallest absolute Gasteiger partial charge is 0.189 e. The fraction of sp³-hybridized carbons (Fsp3) is 0.105. The molecule has 23 heavy (non-hydrogen) atoms. The first-order valence-corrected chi connectivity index (χ1v) is 8.10. The molecule has 0 N–H and O–H groups in total. The van der Waals surface area contributed by atoms with Gasteiger partial charge in [-0.2, -0.15) is 0 Å². The van der Waals surface area contributed by atoms with Crippen molar-refractivity contribution in [3.63, 3.8) is 0 Å². The summed E-state index contributed by atoms with van der Waals surface area (Å²) in [6, 6.07) is 14.6. The van der Waals surface area contributed by atoms with Gasteiger partial charge in [0.1, 0.15) is 11.5 Å². The van der Waals surface area contributed by atoms with Gasteiger partial charge in [0.15, 0.2) is 5.43 Å². The van der Waals surface area contributed by atoms with Crippen LogP contribution in [0.4, 0.5) is 0 Å². The molecule has 0 radical (unpaired) electrons. The van der Waals surface area contributed by atoms with Crippen molar-refractivity contribution in [2.75, 3.05) is 0 Å². The summed E-state index contributed by atoms with van der Waals surface area (Å²) in [4.78, 5) is 12.5. The number of hydrogen-bond acceptors (Lipinski definition) is 2. The molecule has 2 nitrogen and oxygen atoms in total. The summed E-state index contributed by atoms with van der Waals surface area (Å²) >= 11 is 12.3. The van der Waals surface area contributed by atoms with Crippen LogP contribution in [0.15, 0.2) is 57.7 Å². The van der Waals surface area contributed by atoms with E-state index in [1.54, 1.807) is 18.2 Å². The molecule has 0 atom stereocenters. The maximum Gasteiger partial charge on any atom is 0.189 e.